The summed E-state index contributed by atoms with van der Waals surface area (Å²) in [4.78, 5) is 14.7. The first-order valence-corrected chi connectivity index (χ1v) is 9.18. The lowest BCUT2D eigenvalue weighted by Gasteiger charge is -2.36. The van der Waals surface area contributed by atoms with Crippen molar-refractivity contribution in [3.8, 4) is 0 Å². The second kappa shape index (κ2) is 8.45. The molecule has 0 unspecified atom stereocenters. The second-order valence-electron chi connectivity index (χ2n) is 7.93. The van der Waals surface area contributed by atoms with Crippen LogP contribution in [0.3, 0.4) is 0 Å². The summed E-state index contributed by atoms with van der Waals surface area (Å²) in [6.45, 7) is 12.7. The van der Waals surface area contributed by atoms with Crippen molar-refractivity contribution in [3.63, 3.8) is 0 Å². The van der Waals surface area contributed by atoms with Gasteiger partial charge in [-0.3, -0.25) is 9.69 Å². The van der Waals surface area contributed by atoms with Crippen LogP contribution >= 0.6 is 0 Å². The largest absolute Gasteiger partial charge is 0.352 e. The summed E-state index contributed by atoms with van der Waals surface area (Å²) in [5.41, 5.74) is 0. The van der Waals surface area contributed by atoms with Gasteiger partial charge >= 0.3 is 0 Å². The summed E-state index contributed by atoms with van der Waals surface area (Å²) >= 11 is 0. The molecule has 2 fully saturated rings. The van der Waals surface area contributed by atoms with Gasteiger partial charge in [0.1, 0.15) is 0 Å². The third kappa shape index (κ3) is 6.05. The fraction of sp³-hybridized carbons (Fsp3) is 0.944. The SMILES string of the molecule is CC(C)CN(CC(=O)NC1CCC2(CC1)OCCO2)CC(C)C. The van der Waals surface area contributed by atoms with Crippen molar-refractivity contribution < 1.29 is 14.3 Å². The number of nitrogens with one attached hydrogen (secondary N) is 1. The van der Waals surface area contributed by atoms with Crippen molar-refractivity contribution >= 4 is 5.91 Å². The molecule has 2 aliphatic rings. The lowest BCUT2D eigenvalue weighted by molar-refractivity contribution is -0.180. The molecule has 1 amide bonds. The van der Waals surface area contributed by atoms with Gasteiger partial charge in [0.25, 0.3) is 0 Å². The number of hydrogen-bond donors (Lipinski definition) is 1. The Balaban J connectivity index is 1.74. The molecule has 1 N–H and O–H groups in total. The molecule has 0 aromatic carbocycles. The minimum Gasteiger partial charge on any atom is -0.352 e. The van der Waals surface area contributed by atoms with Crippen molar-refractivity contribution in [2.24, 2.45) is 11.8 Å². The zero-order valence-corrected chi connectivity index (χ0v) is 15.3. The third-order valence-corrected chi connectivity index (χ3v) is 4.54. The Kier molecular flexibility index (Phi) is 6.86. The summed E-state index contributed by atoms with van der Waals surface area (Å²) in [6.07, 6.45) is 3.67. The second-order valence-corrected chi connectivity index (χ2v) is 7.93. The molecule has 5 heteroatoms. The first-order valence-electron chi connectivity index (χ1n) is 9.18. The van der Waals surface area contributed by atoms with Crippen molar-refractivity contribution in [1.29, 1.82) is 0 Å². The van der Waals surface area contributed by atoms with Gasteiger partial charge < -0.3 is 14.8 Å². The topological polar surface area (TPSA) is 50.8 Å². The number of rotatable bonds is 7. The van der Waals surface area contributed by atoms with Crippen LogP contribution in [0.5, 0.6) is 0 Å². The Morgan fingerprint density at radius 3 is 2.09 bits per heavy atom. The van der Waals surface area contributed by atoms with E-state index >= 15 is 0 Å². The van der Waals surface area contributed by atoms with E-state index in [1.54, 1.807) is 0 Å². The van der Waals surface area contributed by atoms with Crippen LogP contribution in [0, 0.1) is 11.8 Å². The number of hydrogen-bond acceptors (Lipinski definition) is 4. The number of amides is 1. The molecule has 1 saturated carbocycles. The zero-order chi connectivity index (χ0) is 16.9. The van der Waals surface area contributed by atoms with Gasteiger partial charge in [-0.2, -0.15) is 0 Å². The maximum Gasteiger partial charge on any atom is 0.234 e. The molecular formula is C18H34N2O3. The predicted octanol–water partition coefficient (Wildman–Crippen LogP) is 2.40. The molecular weight excluding hydrogens is 292 g/mol. The first kappa shape index (κ1) is 18.7. The highest BCUT2D eigenvalue weighted by Gasteiger charge is 2.40. The smallest absolute Gasteiger partial charge is 0.234 e. The Morgan fingerprint density at radius 1 is 1.09 bits per heavy atom. The standard InChI is InChI=1S/C18H34N2O3/c1-14(2)11-20(12-15(3)4)13-17(21)19-16-5-7-18(8-6-16)22-9-10-23-18/h14-16H,5-13H2,1-4H3,(H,19,21). The van der Waals surface area contributed by atoms with Crippen molar-refractivity contribution in [1.82, 2.24) is 10.2 Å². The van der Waals surface area contributed by atoms with Crippen LogP contribution in [-0.2, 0) is 14.3 Å². The van der Waals surface area contributed by atoms with Gasteiger partial charge in [-0.1, -0.05) is 27.7 Å². The molecule has 0 atom stereocenters. The molecule has 5 nitrogen and oxygen atoms in total. The highest BCUT2D eigenvalue weighted by Crippen LogP contribution is 2.35. The van der Waals surface area contributed by atoms with E-state index in [-0.39, 0.29) is 17.7 Å². The van der Waals surface area contributed by atoms with Gasteiger partial charge in [-0.25, -0.2) is 0 Å². The minimum absolute atomic E-state index is 0.153. The number of ether oxygens (including phenoxy) is 2. The maximum atomic E-state index is 12.4. The van der Waals surface area contributed by atoms with Gasteiger partial charge in [0.15, 0.2) is 5.79 Å². The van der Waals surface area contributed by atoms with Crippen molar-refractivity contribution in [2.45, 2.75) is 65.2 Å². The highest BCUT2D eigenvalue weighted by atomic mass is 16.7. The molecule has 1 heterocycles. The van der Waals surface area contributed by atoms with Crippen molar-refractivity contribution in [2.75, 3.05) is 32.8 Å². The lowest BCUT2D eigenvalue weighted by Crippen LogP contribution is -2.47. The molecule has 1 saturated heterocycles. The summed E-state index contributed by atoms with van der Waals surface area (Å²) in [7, 11) is 0. The Labute approximate surface area is 141 Å². The van der Waals surface area contributed by atoms with Crippen LogP contribution in [0.15, 0.2) is 0 Å². The third-order valence-electron chi connectivity index (χ3n) is 4.54. The average Bonchev–Trinajstić information content (AvgIpc) is 2.88. The van der Waals surface area contributed by atoms with Gasteiger partial charge in [0.05, 0.1) is 19.8 Å². The molecule has 1 aliphatic heterocycles. The highest BCUT2D eigenvalue weighted by molar-refractivity contribution is 5.78. The zero-order valence-electron chi connectivity index (χ0n) is 15.3. The summed E-state index contributed by atoms with van der Waals surface area (Å²) in [5, 5.41) is 3.21. The van der Waals surface area contributed by atoms with Crippen LogP contribution in [0.4, 0.5) is 0 Å². The molecule has 0 aromatic heterocycles. The summed E-state index contributed by atoms with van der Waals surface area (Å²) in [6, 6.07) is 0.265. The maximum absolute atomic E-state index is 12.4. The molecule has 0 radical (unpaired) electrons. The van der Waals surface area contributed by atoms with E-state index in [9.17, 15) is 4.79 Å². The fourth-order valence-corrected chi connectivity index (χ4v) is 3.70. The van der Waals surface area contributed by atoms with Crippen LogP contribution in [0.2, 0.25) is 0 Å². The van der Waals surface area contributed by atoms with Crippen LogP contribution < -0.4 is 5.32 Å². The van der Waals surface area contributed by atoms with E-state index in [0.717, 1.165) is 38.8 Å². The monoisotopic (exact) mass is 326 g/mol. The molecule has 23 heavy (non-hydrogen) atoms. The van der Waals surface area contributed by atoms with Crippen LogP contribution in [-0.4, -0.2) is 55.5 Å². The van der Waals surface area contributed by atoms with E-state index < -0.39 is 0 Å². The predicted molar refractivity (Wildman–Crippen MR) is 91.1 cm³/mol. The summed E-state index contributed by atoms with van der Waals surface area (Å²) < 4.78 is 11.5. The van der Waals surface area contributed by atoms with E-state index in [4.69, 9.17) is 9.47 Å². The molecule has 1 spiro atoms. The average molecular weight is 326 g/mol. The van der Waals surface area contributed by atoms with Gasteiger partial charge in [0.2, 0.25) is 5.91 Å². The van der Waals surface area contributed by atoms with E-state index in [1.807, 2.05) is 0 Å². The summed E-state index contributed by atoms with van der Waals surface area (Å²) in [5.74, 6) is 0.962. The molecule has 134 valence electrons. The minimum atomic E-state index is -0.345. The molecule has 0 aromatic rings. The van der Waals surface area contributed by atoms with E-state index in [0.29, 0.717) is 31.6 Å². The Bertz CT molecular complexity index is 358. The number of carbonyl (C=O) groups excluding carboxylic acids is 1. The Morgan fingerprint density at radius 2 is 1.61 bits per heavy atom. The van der Waals surface area contributed by atoms with Gasteiger partial charge in [-0.15, -0.1) is 0 Å². The van der Waals surface area contributed by atoms with Crippen LogP contribution in [0.1, 0.15) is 53.4 Å². The van der Waals surface area contributed by atoms with E-state index in [1.165, 1.54) is 0 Å². The fourth-order valence-electron chi connectivity index (χ4n) is 3.70. The molecule has 2 rings (SSSR count). The normalized spacial score (nSPS) is 21.7. The van der Waals surface area contributed by atoms with Gasteiger partial charge in [0, 0.05) is 32.0 Å². The lowest BCUT2D eigenvalue weighted by atomic mass is 9.90. The Hall–Kier alpha value is -0.650. The molecule has 1 aliphatic carbocycles. The van der Waals surface area contributed by atoms with Gasteiger partial charge in [-0.05, 0) is 24.7 Å². The first-order chi connectivity index (χ1) is 10.9. The molecule has 0 bridgehead atoms. The van der Waals surface area contributed by atoms with E-state index in [2.05, 4.69) is 37.9 Å². The quantitative estimate of drug-likeness (QED) is 0.780. The number of nitrogens with zero attached hydrogens (tertiary/aromatic N) is 1. The number of carbonyl (C=O) groups is 1. The van der Waals surface area contributed by atoms with Crippen molar-refractivity contribution in [3.05, 3.63) is 0 Å². The van der Waals surface area contributed by atoms with Crippen LogP contribution in [0.25, 0.3) is 0 Å².